The molecule has 2 aliphatic rings. The van der Waals surface area contributed by atoms with Crippen LogP contribution in [0, 0.1) is 17.6 Å². The van der Waals surface area contributed by atoms with Crippen LogP contribution in [-0.2, 0) is 14.3 Å². The van der Waals surface area contributed by atoms with Crippen LogP contribution in [0.5, 0.6) is 0 Å². The Bertz CT molecular complexity index is 988. The molecule has 2 aliphatic heterocycles. The number of hydrogen-bond acceptors (Lipinski definition) is 4. The van der Waals surface area contributed by atoms with Gasteiger partial charge in [-0.2, -0.15) is 0 Å². The van der Waals surface area contributed by atoms with Crippen LogP contribution in [0.1, 0.15) is 49.7 Å². The summed E-state index contributed by atoms with van der Waals surface area (Å²) in [6, 6.07) is 11.0. The Morgan fingerprint density at radius 1 is 0.970 bits per heavy atom. The second-order valence-electron chi connectivity index (χ2n) is 8.80. The first-order chi connectivity index (χ1) is 16.0. The maximum absolute atomic E-state index is 14.2. The molecular weight excluding hydrogens is 426 g/mol. The smallest absolute Gasteiger partial charge is 0.309 e. The summed E-state index contributed by atoms with van der Waals surface area (Å²) in [7, 11) is 0. The van der Waals surface area contributed by atoms with Crippen molar-refractivity contribution in [2.75, 3.05) is 37.7 Å². The van der Waals surface area contributed by atoms with Crippen LogP contribution in [0.3, 0.4) is 0 Å². The first-order valence-corrected chi connectivity index (χ1v) is 11.7. The average Bonchev–Trinajstić information content (AvgIpc) is 2.99. The number of benzene rings is 2. The zero-order valence-electron chi connectivity index (χ0n) is 18.9. The van der Waals surface area contributed by atoms with Crippen molar-refractivity contribution in [3.05, 3.63) is 65.2 Å². The molecule has 0 aliphatic carbocycles. The molecule has 0 saturated carbocycles. The molecule has 1 fully saturated rings. The van der Waals surface area contributed by atoms with E-state index in [2.05, 4.69) is 4.90 Å². The Labute approximate surface area is 193 Å². The molecule has 0 radical (unpaired) electrons. The van der Waals surface area contributed by atoms with Crippen LogP contribution in [-0.4, -0.2) is 49.6 Å². The van der Waals surface area contributed by atoms with Gasteiger partial charge in [0.15, 0.2) is 0 Å². The Morgan fingerprint density at radius 2 is 1.67 bits per heavy atom. The second-order valence-corrected chi connectivity index (χ2v) is 8.80. The van der Waals surface area contributed by atoms with Crippen molar-refractivity contribution in [2.45, 2.75) is 38.5 Å². The van der Waals surface area contributed by atoms with E-state index in [1.165, 1.54) is 24.3 Å². The average molecular weight is 457 g/mol. The highest BCUT2D eigenvalue weighted by atomic mass is 19.1. The molecule has 2 aromatic rings. The molecule has 7 heteroatoms. The Hall–Kier alpha value is -2.80. The van der Waals surface area contributed by atoms with Gasteiger partial charge >= 0.3 is 5.97 Å². The third kappa shape index (κ3) is 5.41. The van der Waals surface area contributed by atoms with E-state index in [0.29, 0.717) is 44.8 Å². The highest BCUT2D eigenvalue weighted by molar-refractivity contribution is 5.96. The van der Waals surface area contributed by atoms with Crippen molar-refractivity contribution in [3.8, 4) is 0 Å². The van der Waals surface area contributed by atoms with Gasteiger partial charge in [0.1, 0.15) is 11.6 Å². The normalized spacial score (nSPS) is 19.6. The Kier molecular flexibility index (Phi) is 7.38. The van der Waals surface area contributed by atoms with Crippen molar-refractivity contribution >= 4 is 17.6 Å². The lowest BCUT2D eigenvalue weighted by Gasteiger charge is -2.32. The lowest BCUT2D eigenvalue weighted by atomic mass is 9.87. The van der Waals surface area contributed by atoms with Crippen LogP contribution in [0.2, 0.25) is 0 Å². The minimum atomic E-state index is -0.387. The Balaban J connectivity index is 1.50. The fourth-order valence-electron chi connectivity index (χ4n) is 4.94. The fourth-order valence-corrected chi connectivity index (χ4v) is 4.94. The molecule has 0 N–H and O–H groups in total. The molecular formula is C26H30F2N2O3. The SMILES string of the molecule is CCOC(=O)C1CCN(CC(=O)N2CCCC(c3ccc(F)cc3)c3ccc(F)cc32)CC1. The predicted octanol–water partition coefficient (Wildman–Crippen LogP) is 4.50. The number of amides is 1. The molecule has 1 amide bonds. The molecule has 2 aromatic carbocycles. The highest BCUT2D eigenvalue weighted by Gasteiger charge is 2.31. The summed E-state index contributed by atoms with van der Waals surface area (Å²) >= 11 is 0. The highest BCUT2D eigenvalue weighted by Crippen LogP contribution is 2.39. The van der Waals surface area contributed by atoms with Gasteiger partial charge in [0.25, 0.3) is 0 Å². The van der Waals surface area contributed by atoms with Gasteiger partial charge < -0.3 is 9.64 Å². The van der Waals surface area contributed by atoms with Gasteiger partial charge in [-0.1, -0.05) is 18.2 Å². The number of esters is 1. The lowest BCUT2D eigenvalue weighted by molar-refractivity contribution is -0.149. The third-order valence-corrected chi connectivity index (χ3v) is 6.67. The monoisotopic (exact) mass is 456 g/mol. The van der Waals surface area contributed by atoms with E-state index in [0.717, 1.165) is 24.0 Å². The summed E-state index contributed by atoms with van der Waals surface area (Å²) in [4.78, 5) is 29.0. The minimum Gasteiger partial charge on any atom is -0.466 e. The number of rotatable bonds is 5. The number of halogens is 2. The van der Waals surface area contributed by atoms with Gasteiger partial charge in [0.2, 0.25) is 5.91 Å². The summed E-state index contributed by atoms with van der Waals surface area (Å²) in [6.07, 6.45) is 2.89. The van der Waals surface area contributed by atoms with E-state index in [1.807, 2.05) is 0 Å². The van der Waals surface area contributed by atoms with Gasteiger partial charge in [0.05, 0.1) is 24.8 Å². The van der Waals surface area contributed by atoms with Crippen LogP contribution in [0.15, 0.2) is 42.5 Å². The van der Waals surface area contributed by atoms with Crippen LogP contribution in [0.4, 0.5) is 14.5 Å². The number of carbonyl (C=O) groups excluding carboxylic acids is 2. The van der Waals surface area contributed by atoms with Crippen LogP contribution in [0.25, 0.3) is 0 Å². The van der Waals surface area contributed by atoms with E-state index in [1.54, 1.807) is 30.0 Å². The maximum Gasteiger partial charge on any atom is 0.309 e. The zero-order chi connectivity index (χ0) is 23.4. The number of anilines is 1. The van der Waals surface area contributed by atoms with Gasteiger partial charge in [-0.15, -0.1) is 0 Å². The van der Waals surface area contributed by atoms with Crippen molar-refractivity contribution in [2.24, 2.45) is 5.92 Å². The molecule has 0 aromatic heterocycles. The number of carbonyl (C=O) groups is 2. The van der Waals surface area contributed by atoms with Gasteiger partial charge in [-0.3, -0.25) is 14.5 Å². The number of ether oxygens (including phenoxy) is 1. The summed E-state index contributed by atoms with van der Waals surface area (Å²) in [5.74, 6) is -1.06. The van der Waals surface area contributed by atoms with E-state index in [4.69, 9.17) is 4.74 Å². The van der Waals surface area contributed by atoms with Gasteiger partial charge in [0, 0.05) is 12.5 Å². The van der Waals surface area contributed by atoms with Crippen LogP contribution < -0.4 is 4.90 Å². The van der Waals surface area contributed by atoms with E-state index >= 15 is 0 Å². The van der Waals surface area contributed by atoms with Crippen molar-refractivity contribution in [1.29, 1.82) is 0 Å². The van der Waals surface area contributed by atoms with E-state index < -0.39 is 0 Å². The summed E-state index contributed by atoms with van der Waals surface area (Å²) < 4.78 is 32.8. The third-order valence-electron chi connectivity index (χ3n) is 6.67. The molecule has 1 saturated heterocycles. The van der Waals surface area contributed by atoms with Crippen molar-refractivity contribution in [3.63, 3.8) is 0 Å². The fraction of sp³-hybridized carbons (Fsp3) is 0.462. The molecule has 0 bridgehead atoms. The Morgan fingerprint density at radius 3 is 2.36 bits per heavy atom. The minimum absolute atomic E-state index is 0.0284. The zero-order valence-corrected chi connectivity index (χ0v) is 18.9. The van der Waals surface area contributed by atoms with Gasteiger partial charge in [-0.25, -0.2) is 8.78 Å². The molecule has 2 heterocycles. The van der Waals surface area contributed by atoms with E-state index in [9.17, 15) is 18.4 Å². The molecule has 1 unspecified atom stereocenters. The van der Waals surface area contributed by atoms with E-state index in [-0.39, 0.29) is 41.9 Å². The number of hydrogen-bond donors (Lipinski definition) is 0. The first kappa shape index (κ1) is 23.4. The van der Waals surface area contributed by atoms with Crippen LogP contribution >= 0.6 is 0 Å². The number of piperidine rings is 1. The predicted molar refractivity (Wildman–Crippen MR) is 122 cm³/mol. The standard InChI is InChI=1S/C26H30F2N2O3/c1-2-33-26(32)19-11-14-29(15-12-19)17-25(31)30-13-3-4-22(18-5-7-20(27)8-6-18)23-10-9-21(28)16-24(23)30/h5-10,16,19,22H,2-4,11-15,17H2,1H3. The first-order valence-electron chi connectivity index (χ1n) is 11.7. The quantitative estimate of drug-likeness (QED) is 0.622. The topological polar surface area (TPSA) is 49.9 Å². The molecule has 176 valence electrons. The summed E-state index contributed by atoms with van der Waals surface area (Å²) in [6.45, 7) is 4.21. The number of likely N-dealkylation sites (tertiary alicyclic amines) is 1. The summed E-state index contributed by atoms with van der Waals surface area (Å²) in [5.41, 5.74) is 2.43. The number of nitrogens with zero attached hydrogens (tertiary/aromatic N) is 2. The molecule has 0 spiro atoms. The summed E-state index contributed by atoms with van der Waals surface area (Å²) in [5, 5.41) is 0. The van der Waals surface area contributed by atoms with Gasteiger partial charge in [-0.05, 0) is 81.1 Å². The maximum atomic E-state index is 14.2. The lowest BCUT2D eigenvalue weighted by Crippen LogP contribution is -2.45. The van der Waals surface area contributed by atoms with Crippen molar-refractivity contribution < 1.29 is 23.1 Å². The second kappa shape index (κ2) is 10.4. The molecule has 1 atom stereocenters. The molecule has 4 rings (SSSR count). The molecule has 5 nitrogen and oxygen atoms in total. The largest absolute Gasteiger partial charge is 0.466 e. The number of fused-ring (bicyclic) bond motifs is 1. The molecule has 33 heavy (non-hydrogen) atoms. The van der Waals surface area contributed by atoms with Crippen molar-refractivity contribution in [1.82, 2.24) is 4.90 Å².